The standard InChI is InChI=1S/C55H35NO/c1-2-17-36(18-3-1)38-19-9-14-30-50(38)56(37-33-34-44-43-24-10-15-32-52(43)57-53(44)35-37)51-31-16-29-49-54(51)45-25-8-13-28-48(45)55(49)46-26-11-6-22-41(46)39-20-4-5-21-40(39)42-23-7-12-27-47(42)55/h1-35H. The van der Waals surface area contributed by atoms with Crippen molar-refractivity contribution >= 4 is 39.0 Å². The van der Waals surface area contributed by atoms with Gasteiger partial charge in [-0.3, -0.25) is 0 Å². The Bertz CT molecular complexity index is 3140. The molecule has 1 heterocycles. The van der Waals surface area contributed by atoms with E-state index in [9.17, 15) is 0 Å². The van der Waals surface area contributed by atoms with Crippen molar-refractivity contribution in [2.24, 2.45) is 0 Å². The highest BCUT2D eigenvalue weighted by atomic mass is 16.3. The Morgan fingerprint density at radius 3 is 1.56 bits per heavy atom. The van der Waals surface area contributed by atoms with Gasteiger partial charge in [-0.25, -0.2) is 0 Å². The summed E-state index contributed by atoms with van der Waals surface area (Å²) < 4.78 is 6.56. The van der Waals surface area contributed by atoms with Gasteiger partial charge in [0.1, 0.15) is 11.2 Å². The van der Waals surface area contributed by atoms with E-state index in [1.807, 2.05) is 6.07 Å². The van der Waals surface area contributed by atoms with Gasteiger partial charge in [0.05, 0.1) is 16.8 Å². The zero-order chi connectivity index (χ0) is 37.5. The SMILES string of the molecule is c1ccc(-c2ccccc2N(c2ccc3c(c2)oc2ccccc23)c2cccc3c2-c2ccccc2C32c3ccccc3-c3ccccc3-c3ccccc32)cc1. The molecule has 9 aromatic carbocycles. The van der Waals surface area contributed by atoms with Gasteiger partial charge in [0.2, 0.25) is 0 Å². The minimum Gasteiger partial charge on any atom is -0.456 e. The summed E-state index contributed by atoms with van der Waals surface area (Å²) in [5.74, 6) is 0. The molecule has 2 aliphatic carbocycles. The van der Waals surface area contributed by atoms with Gasteiger partial charge in [-0.2, -0.15) is 0 Å². The molecule has 0 aliphatic heterocycles. The Balaban J connectivity index is 1.21. The van der Waals surface area contributed by atoms with Crippen LogP contribution in [-0.4, -0.2) is 0 Å². The number of furan rings is 1. The van der Waals surface area contributed by atoms with Crippen molar-refractivity contribution in [3.8, 4) is 44.5 Å². The van der Waals surface area contributed by atoms with Gasteiger partial charge in [-0.1, -0.05) is 176 Å². The molecule has 0 N–H and O–H groups in total. The lowest BCUT2D eigenvalue weighted by molar-refractivity contribution is 0.669. The molecule has 1 aromatic heterocycles. The van der Waals surface area contributed by atoms with Crippen molar-refractivity contribution in [2.45, 2.75) is 5.41 Å². The molecule has 0 saturated heterocycles. The summed E-state index contributed by atoms with van der Waals surface area (Å²) in [5.41, 5.74) is 19.4. The van der Waals surface area contributed by atoms with Crippen LogP contribution in [0.25, 0.3) is 66.4 Å². The van der Waals surface area contributed by atoms with Crippen LogP contribution in [0, 0.1) is 0 Å². The smallest absolute Gasteiger partial charge is 0.137 e. The first-order valence-electron chi connectivity index (χ1n) is 19.7. The first-order chi connectivity index (χ1) is 28.3. The normalized spacial score (nSPS) is 13.1. The molecule has 0 radical (unpaired) electrons. The van der Waals surface area contributed by atoms with Gasteiger partial charge in [0.25, 0.3) is 0 Å². The Morgan fingerprint density at radius 1 is 0.333 bits per heavy atom. The van der Waals surface area contributed by atoms with Crippen molar-refractivity contribution in [1.29, 1.82) is 0 Å². The molecule has 0 saturated carbocycles. The van der Waals surface area contributed by atoms with Crippen LogP contribution < -0.4 is 4.90 Å². The van der Waals surface area contributed by atoms with Gasteiger partial charge < -0.3 is 9.32 Å². The van der Waals surface area contributed by atoms with E-state index in [1.165, 1.54) is 55.6 Å². The summed E-state index contributed by atoms with van der Waals surface area (Å²) >= 11 is 0. The molecule has 0 unspecified atom stereocenters. The van der Waals surface area contributed by atoms with Crippen LogP contribution in [0.3, 0.4) is 0 Å². The minimum atomic E-state index is -0.582. The van der Waals surface area contributed by atoms with Gasteiger partial charge in [-0.15, -0.1) is 0 Å². The summed E-state index contributed by atoms with van der Waals surface area (Å²) in [6.07, 6.45) is 0. The maximum absolute atomic E-state index is 6.56. The summed E-state index contributed by atoms with van der Waals surface area (Å²) in [5, 5.41) is 2.23. The van der Waals surface area contributed by atoms with Crippen molar-refractivity contribution in [2.75, 3.05) is 4.90 Å². The van der Waals surface area contributed by atoms with E-state index < -0.39 is 5.41 Å². The third-order valence-corrected chi connectivity index (χ3v) is 12.3. The monoisotopic (exact) mass is 725 g/mol. The molecule has 0 amide bonds. The van der Waals surface area contributed by atoms with E-state index in [4.69, 9.17) is 4.42 Å². The van der Waals surface area contributed by atoms with Crippen molar-refractivity contribution in [1.82, 2.24) is 0 Å². The molecular formula is C55H35NO. The maximum atomic E-state index is 6.56. The first-order valence-corrected chi connectivity index (χ1v) is 19.7. The fourth-order valence-electron chi connectivity index (χ4n) is 10.1. The highest BCUT2D eigenvalue weighted by Crippen LogP contribution is 2.63. The first kappa shape index (κ1) is 31.9. The van der Waals surface area contributed by atoms with Crippen LogP contribution in [-0.2, 0) is 5.41 Å². The number of hydrogen-bond donors (Lipinski definition) is 0. The summed E-state index contributed by atoms with van der Waals surface area (Å²) in [6, 6.07) is 77.7. The molecule has 0 bridgehead atoms. The highest BCUT2D eigenvalue weighted by Gasteiger charge is 2.50. The molecule has 2 nitrogen and oxygen atoms in total. The van der Waals surface area contributed by atoms with Gasteiger partial charge >= 0.3 is 0 Å². The van der Waals surface area contributed by atoms with Crippen molar-refractivity contribution in [3.63, 3.8) is 0 Å². The quantitative estimate of drug-likeness (QED) is 0.180. The van der Waals surface area contributed by atoms with E-state index in [2.05, 4.69) is 211 Å². The molecule has 0 atom stereocenters. The average Bonchev–Trinajstić information content (AvgIpc) is 3.77. The lowest BCUT2D eigenvalue weighted by Gasteiger charge is -2.36. The number of anilines is 3. The van der Waals surface area contributed by atoms with Crippen LogP contribution >= 0.6 is 0 Å². The van der Waals surface area contributed by atoms with E-state index in [0.717, 1.165) is 50.1 Å². The number of para-hydroxylation sites is 2. The molecule has 2 heteroatoms. The topological polar surface area (TPSA) is 16.4 Å². The Labute approximate surface area is 331 Å². The second-order valence-corrected chi connectivity index (χ2v) is 15.1. The largest absolute Gasteiger partial charge is 0.456 e. The van der Waals surface area contributed by atoms with E-state index >= 15 is 0 Å². The van der Waals surface area contributed by atoms with Gasteiger partial charge in [-0.05, 0) is 86.0 Å². The van der Waals surface area contributed by atoms with Crippen LogP contribution in [0.15, 0.2) is 217 Å². The fraction of sp³-hybridized carbons (Fsp3) is 0.0182. The molecular weight excluding hydrogens is 691 g/mol. The minimum absolute atomic E-state index is 0.582. The van der Waals surface area contributed by atoms with Gasteiger partial charge in [0, 0.05) is 33.7 Å². The molecule has 10 aromatic rings. The van der Waals surface area contributed by atoms with E-state index in [-0.39, 0.29) is 0 Å². The van der Waals surface area contributed by atoms with Crippen LogP contribution in [0.5, 0.6) is 0 Å². The number of fused-ring (bicyclic) bond motifs is 15. The predicted molar refractivity (Wildman–Crippen MR) is 236 cm³/mol. The Kier molecular flexibility index (Phi) is 6.88. The third kappa shape index (κ3) is 4.47. The van der Waals surface area contributed by atoms with Crippen molar-refractivity contribution < 1.29 is 4.42 Å². The summed E-state index contributed by atoms with van der Waals surface area (Å²) in [4.78, 5) is 2.47. The Hall–Kier alpha value is -7.42. The fourth-order valence-corrected chi connectivity index (χ4v) is 10.1. The molecule has 57 heavy (non-hydrogen) atoms. The van der Waals surface area contributed by atoms with Crippen LogP contribution in [0.2, 0.25) is 0 Å². The lowest BCUT2D eigenvalue weighted by Crippen LogP contribution is -2.29. The zero-order valence-corrected chi connectivity index (χ0v) is 31.1. The average molecular weight is 726 g/mol. The number of benzene rings is 9. The molecule has 0 fully saturated rings. The maximum Gasteiger partial charge on any atom is 0.137 e. The predicted octanol–water partition coefficient (Wildman–Crippen LogP) is 14.7. The molecule has 2 aliphatic rings. The van der Waals surface area contributed by atoms with Crippen molar-refractivity contribution in [3.05, 3.63) is 235 Å². The third-order valence-electron chi connectivity index (χ3n) is 12.3. The van der Waals surface area contributed by atoms with Crippen LogP contribution in [0.4, 0.5) is 17.1 Å². The number of rotatable bonds is 4. The highest BCUT2D eigenvalue weighted by molar-refractivity contribution is 6.07. The number of nitrogens with zero attached hydrogens (tertiary/aromatic N) is 1. The van der Waals surface area contributed by atoms with E-state index in [1.54, 1.807) is 0 Å². The molecule has 266 valence electrons. The van der Waals surface area contributed by atoms with E-state index in [0.29, 0.717) is 0 Å². The summed E-state index contributed by atoms with van der Waals surface area (Å²) in [6.45, 7) is 0. The van der Waals surface area contributed by atoms with Crippen LogP contribution in [0.1, 0.15) is 22.3 Å². The summed E-state index contributed by atoms with van der Waals surface area (Å²) in [7, 11) is 0. The number of hydrogen-bond acceptors (Lipinski definition) is 2. The zero-order valence-electron chi connectivity index (χ0n) is 31.1. The molecule has 1 spiro atoms. The molecule has 12 rings (SSSR count). The Morgan fingerprint density at radius 2 is 0.842 bits per heavy atom. The van der Waals surface area contributed by atoms with Gasteiger partial charge in [0.15, 0.2) is 0 Å². The second kappa shape index (κ2) is 12.3. The lowest BCUT2D eigenvalue weighted by atomic mass is 9.66. The second-order valence-electron chi connectivity index (χ2n) is 15.1.